The van der Waals surface area contributed by atoms with E-state index in [0.29, 0.717) is 11.5 Å². The highest BCUT2D eigenvalue weighted by Crippen LogP contribution is 2.27. The molecule has 3 aliphatic rings. The number of hydrogen-bond donors (Lipinski definition) is 0. The molecule has 0 aromatic heterocycles. The van der Waals surface area contributed by atoms with Gasteiger partial charge in [-0.05, 0) is 71.1 Å². The van der Waals surface area contributed by atoms with Crippen LogP contribution in [0.25, 0.3) is 0 Å². The molecule has 3 rings (SSSR count). The topological polar surface area (TPSA) is 54.0 Å². The molecule has 226 valence electrons. The van der Waals surface area contributed by atoms with Gasteiger partial charge in [0.25, 0.3) is 5.95 Å². The first kappa shape index (κ1) is 32.3. The van der Waals surface area contributed by atoms with Crippen LogP contribution in [0.5, 0.6) is 0 Å². The second-order valence-corrected chi connectivity index (χ2v) is 12.6. The van der Waals surface area contributed by atoms with E-state index in [4.69, 9.17) is 19.2 Å². The zero-order chi connectivity index (χ0) is 27.4. The third kappa shape index (κ3) is 14.3. The lowest BCUT2D eigenvalue weighted by Gasteiger charge is -2.27. The fourth-order valence-corrected chi connectivity index (χ4v) is 6.41. The van der Waals surface area contributed by atoms with Crippen molar-refractivity contribution in [1.82, 2.24) is 0 Å². The summed E-state index contributed by atoms with van der Waals surface area (Å²) in [6.07, 6.45) is 32.6. The summed E-state index contributed by atoms with van der Waals surface area (Å²) in [6.45, 7) is 1.80. The van der Waals surface area contributed by atoms with E-state index in [-0.39, 0.29) is 18.3 Å². The van der Waals surface area contributed by atoms with Crippen LogP contribution < -0.4 is 0 Å². The first-order valence-electron chi connectivity index (χ1n) is 17.1. The highest BCUT2D eigenvalue weighted by molar-refractivity contribution is 5.87. The van der Waals surface area contributed by atoms with Crippen LogP contribution in [0, 0.1) is 0 Å². The smallest absolute Gasteiger partial charge is 0.375 e. The van der Waals surface area contributed by atoms with Crippen LogP contribution in [-0.4, -0.2) is 24.3 Å². The molecule has 0 atom stereocenters. The molecule has 0 unspecified atom stereocenters. The van der Waals surface area contributed by atoms with Crippen LogP contribution in [0.4, 0.5) is 0 Å². The Morgan fingerprint density at radius 2 is 0.718 bits per heavy atom. The largest absolute Gasteiger partial charge is 0.462 e. The van der Waals surface area contributed by atoms with Gasteiger partial charge in [0.15, 0.2) is 0 Å². The van der Waals surface area contributed by atoms with Crippen LogP contribution in [0.2, 0.25) is 0 Å². The van der Waals surface area contributed by atoms with Gasteiger partial charge in [0.1, 0.15) is 23.9 Å². The molecule has 0 aromatic carbocycles. The molecule has 0 radical (unpaired) electrons. The normalized spacial score (nSPS) is 23.2. The lowest BCUT2D eigenvalue weighted by molar-refractivity contribution is -0.297. The van der Waals surface area contributed by atoms with E-state index in [9.17, 15) is 4.79 Å². The molecule has 0 aromatic rings. The Bertz CT molecular complexity index is 614. The van der Waals surface area contributed by atoms with E-state index >= 15 is 0 Å². The molecule has 0 amide bonds. The zero-order valence-corrected chi connectivity index (χ0v) is 25.4. The summed E-state index contributed by atoms with van der Waals surface area (Å²) >= 11 is 0. The highest BCUT2D eigenvalue weighted by atomic mass is 17.2. The predicted octanol–water partition coefficient (Wildman–Crippen LogP) is 10.4. The molecule has 0 bridgehead atoms. The van der Waals surface area contributed by atoms with Gasteiger partial charge in [-0.25, -0.2) is 4.79 Å². The van der Waals surface area contributed by atoms with E-state index in [1.54, 1.807) is 6.92 Å². The number of carbonyl (C=O) groups is 1. The van der Waals surface area contributed by atoms with E-state index in [2.05, 4.69) is 0 Å². The zero-order valence-electron chi connectivity index (χ0n) is 25.4. The van der Waals surface area contributed by atoms with Crippen LogP contribution in [0.1, 0.15) is 180 Å². The van der Waals surface area contributed by atoms with Gasteiger partial charge in [-0.2, -0.15) is 4.89 Å². The van der Waals surface area contributed by atoms with Crippen molar-refractivity contribution in [3.63, 3.8) is 0 Å². The van der Waals surface area contributed by atoms with Crippen molar-refractivity contribution in [3.8, 4) is 0 Å². The fourth-order valence-electron chi connectivity index (χ4n) is 6.41. The number of carbonyl (C=O) groups excluding carboxylic acids is 1. The lowest BCUT2D eigenvalue weighted by Crippen LogP contribution is -2.23. The molecule has 0 saturated heterocycles. The molecule has 0 aliphatic heterocycles. The summed E-state index contributed by atoms with van der Waals surface area (Å²) in [5, 5.41) is 0. The van der Waals surface area contributed by atoms with Gasteiger partial charge < -0.3 is 9.47 Å². The molecule has 5 nitrogen and oxygen atoms in total. The van der Waals surface area contributed by atoms with Crippen LogP contribution in [0.15, 0.2) is 11.5 Å². The quantitative estimate of drug-likeness (QED) is 0.137. The minimum absolute atomic E-state index is 0.0123. The Morgan fingerprint density at radius 1 is 0.436 bits per heavy atom. The number of hydrogen-bond acceptors (Lipinski definition) is 5. The van der Waals surface area contributed by atoms with Crippen molar-refractivity contribution < 1.29 is 24.0 Å². The first-order chi connectivity index (χ1) is 19.2. The minimum Gasteiger partial charge on any atom is -0.462 e. The summed E-state index contributed by atoms with van der Waals surface area (Å²) in [5.41, 5.74) is 0.420. The van der Waals surface area contributed by atoms with Gasteiger partial charge in [-0.3, -0.25) is 4.89 Å². The molecule has 3 fully saturated rings. The van der Waals surface area contributed by atoms with E-state index < -0.39 is 5.97 Å². The van der Waals surface area contributed by atoms with Crippen molar-refractivity contribution in [2.45, 2.75) is 199 Å². The van der Waals surface area contributed by atoms with E-state index in [1.165, 1.54) is 122 Å². The van der Waals surface area contributed by atoms with Crippen molar-refractivity contribution in [1.29, 1.82) is 0 Å². The van der Waals surface area contributed by atoms with E-state index in [0.717, 1.165) is 51.4 Å². The average Bonchev–Trinajstić information content (AvgIpc) is 2.96. The Kier molecular flexibility index (Phi) is 17.1. The van der Waals surface area contributed by atoms with Crippen molar-refractivity contribution in [3.05, 3.63) is 11.5 Å². The third-order valence-corrected chi connectivity index (χ3v) is 9.08. The fraction of sp³-hybridized carbons (Fsp3) is 0.912. The number of ether oxygens (including phenoxy) is 2. The predicted molar refractivity (Wildman–Crippen MR) is 158 cm³/mol. The minimum atomic E-state index is -0.457. The standard InChI is InChI=1S/C34H60O5/c1-29(33(35)39-38-32-27-21-15-9-4-10-16-22-28-32)34(36-30-23-17-11-5-2-6-12-18-24-30)37-31-25-19-13-7-3-8-14-20-26-31/h30-32H,2-28H2,1H3. The molecule has 0 N–H and O–H groups in total. The molecule has 3 saturated carbocycles. The first-order valence-corrected chi connectivity index (χ1v) is 17.1. The van der Waals surface area contributed by atoms with Crippen LogP contribution in [-0.2, 0) is 24.0 Å². The molecule has 5 heteroatoms. The Balaban J connectivity index is 1.66. The summed E-state index contributed by atoms with van der Waals surface area (Å²) in [5.74, 6) is -0.0551. The maximum atomic E-state index is 13.3. The second-order valence-electron chi connectivity index (χ2n) is 12.6. The Morgan fingerprint density at radius 3 is 1.05 bits per heavy atom. The van der Waals surface area contributed by atoms with Crippen molar-refractivity contribution in [2.24, 2.45) is 0 Å². The summed E-state index contributed by atoms with van der Waals surface area (Å²) in [4.78, 5) is 24.5. The average molecular weight is 549 g/mol. The molecule has 39 heavy (non-hydrogen) atoms. The molecule has 0 heterocycles. The summed E-state index contributed by atoms with van der Waals surface area (Å²) in [6, 6.07) is 0. The lowest BCUT2D eigenvalue weighted by atomic mass is 9.99. The van der Waals surface area contributed by atoms with Gasteiger partial charge in [-0.1, -0.05) is 109 Å². The molecular formula is C34H60O5. The maximum absolute atomic E-state index is 13.3. The molecule has 0 spiro atoms. The second kappa shape index (κ2) is 20.6. The Labute approximate surface area is 240 Å². The Hall–Kier alpha value is -1.23. The maximum Gasteiger partial charge on any atom is 0.375 e. The van der Waals surface area contributed by atoms with Gasteiger partial charge in [0.05, 0.1) is 0 Å². The number of rotatable bonds is 7. The monoisotopic (exact) mass is 548 g/mol. The third-order valence-electron chi connectivity index (χ3n) is 9.08. The van der Waals surface area contributed by atoms with Crippen molar-refractivity contribution >= 4 is 5.97 Å². The van der Waals surface area contributed by atoms with Gasteiger partial charge in [-0.15, -0.1) is 0 Å². The van der Waals surface area contributed by atoms with Gasteiger partial charge in [0, 0.05) is 0 Å². The van der Waals surface area contributed by atoms with Crippen molar-refractivity contribution in [2.75, 3.05) is 0 Å². The SMILES string of the molecule is CC(C(=O)OOC1CCCCCCCCC1)=C(OC1CCCCCCCCC1)OC1CCCCCCCCC1. The van der Waals surface area contributed by atoms with Gasteiger partial charge >= 0.3 is 5.97 Å². The summed E-state index contributed by atoms with van der Waals surface area (Å²) < 4.78 is 13.2. The molecular weight excluding hydrogens is 488 g/mol. The van der Waals surface area contributed by atoms with Gasteiger partial charge in [0.2, 0.25) is 0 Å². The highest BCUT2D eigenvalue weighted by Gasteiger charge is 2.25. The molecule has 3 aliphatic carbocycles. The van der Waals surface area contributed by atoms with Crippen LogP contribution in [0.3, 0.4) is 0 Å². The van der Waals surface area contributed by atoms with Crippen LogP contribution >= 0.6 is 0 Å². The summed E-state index contributed by atoms with van der Waals surface area (Å²) in [7, 11) is 0. The van der Waals surface area contributed by atoms with E-state index in [1.807, 2.05) is 0 Å².